The van der Waals surface area contributed by atoms with E-state index in [2.05, 4.69) is 5.32 Å². The first-order chi connectivity index (χ1) is 11.3. The standard InChI is InChI=1S/C18H24FN3O2/c1-12-5-4-6-14(19)15(12)16(23)22-8-7-18(11-22)9-13(10-18)20-17(24)21(2)3/h4-6,13H,7-11H2,1-3H3,(H,20,24). The topological polar surface area (TPSA) is 52.7 Å². The highest BCUT2D eigenvalue weighted by molar-refractivity contribution is 5.96. The van der Waals surface area contributed by atoms with Gasteiger partial charge in [0.1, 0.15) is 5.82 Å². The van der Waals surface area contributed by atoms with E-state index >= 15 is 0 Å². The summed E-state index contributed by atoms with van der Waals surface area (Å²) >= 11 is 0. The van der Waals surface area contributed by atoms with Crippen LogP contribution in [0.4, 0.5) is 9.18 Å². The second-order valence-corrected chi connectivity index (χ2v) is 7.36. The van der Waals surface area contributed by atoms with Gasteiger partial charge in [-0.1, -0.05) is 12.1 Å². The van der Waals surface area contributed by atoms with Crippen LogP contribution in [0.3, 0.4) is 0 Å². The summed E-state index contributed by atoms with van der Waals surface area (Å²) in [6.07, 6.45) is 2.68. The molecule has 6 heteroatoms. The highest BCUT2D eigenvalue weighted by Crippen LogP contribution is 2.48. The van der Waals surface area contributed by atoms with Crippen molar-refractivity contribution in [1.82, 2.24) is 15.1 Å². The lowest BCUT2D eigenvalue weighted by Gasteiger charge is -2.45. The second kappa shape index (κ2) is 6.07. The number of nitrogens with zero attached hydrogens (tertiary/aromatic N) is 2. The molecule has 2 aliphatic rings. The molecule has 0 aromatic heterocycles. The minimum atomic E-state index is -0.453. The smallest absolute Gasteiger partial charge is 0.317 e. The minimum absolute atomic E-state index is 0.0808. The largest absolute Gasteiger partial charge is 0.338 e. The van der Waals surface area contributed by atoms with Crippen LogP contribution >= 0.6 is 0 Å². The molecule has 3 amide bonds. The normalized spacial score (nSPS) is 25.5. The Morgan fingerprint density at radius 2 is 2.04 bits per heavy atom. The molecule has 24 heavy (non-hydrogen) atoms. The van der Waals surface area contributed by atoms with Crippen LogP contribution in [0.2, 0.25) is 0 Å². The van der Waals surface area contributed by atoms with Gasteiger partial charge in [-0.15, -0.1) is 0 Å². The number of carbonyl (C=O) groups is 2. The number of urea groups is 1. The highest BCUT2D eigenvalue weighted by Gasteiger charge is 2.50. The van der Waals surface area contributed by atoms with Gasteiger partial charge >= 0.3 is 6.03 Å². The van der Waals surface area contributed by atoms with Crippen LogP contribution in [-0.4, -0.2) is 55.0 Å². The first-order valence-corrected chi connectivity index (χ1v) is 8.33. The average molecular weight is 333 g/mol. The van der Waals surface area contributed by atoms with E-state index in [-0.39, 0.29) is 29.0 Å². The number of hydrogen-bond donors (Lipinski definition) is 1. The predicted octanol–water partition coefficient (Wildman–Crippen LogP) is 2.40. The van der Waals surface area contributed by atoms with Gasteiger partial charge in [0, 0.05) is 33.2 Å². The average Bonchev–Trinajstić information content (AvgIpc) is 2.91. The van der Waals surface area contributed by atoms with Gasteiger partial charge < -0.3 is 15.1 Å². The zero-order chi connectivity index (χ0) is 17.5. The monoisotopic (exact) mass is 333 g/mol. The molecule has 1 saturated carbocycles. The Balaban J connectivity index is 1.61. The molecule has 0 radical (unpaired) electrons. The van der Waals surface area contributed by atoms with Crippen LogP contribution in [0, 0.1) is 18.2 Å². The number of hydrogen-bond acceptors (Lipinski definition) is 2. The van der Waals surface area contributed by atoms with E-state index in [1.54, 1.807) is 38.1 Å². The Morgan fingerprint density at radius 1 is 1.33 bits per heavy atom. The van der Waals surface area contributed by atoms with Gasteiger partial charge in [0.15, 0.2) is 0 Å². The minimum Gasteiger partial charge on any atom is -0.338 e. The summed E-state index contributed by atoms with van der Waals surface area (Å²) < 4.78 is 14.0. The van der Waals surface area contributed by atoms with Crippen molar-refractivity contribution in [1.29, 1.82) is 0 Å². The van der Waals surface area contributed by atoms with Crippen LogP contribution in [0.1, 0.15) is 35.2 Å². The Bertz CT molecular complexity index is 648. The summed E-state index contributed by atoms with van der Waals surface area (Å²) in [5, 5.41) is 2.98. The Kier molecular flexibility index (Phi) is 4.24. The number of likely N-dealkylation sites (tertiary alicyclic amines) is 1. The molecular weight excluding hydrogens is 309 g/mol. The molecule has 0 unspecified atom stereocenters. The van der Waals surface area contributed by atoms with Crippen LogP contribution < -0.4 is 5.32 Å². The van der Waals surface area contributed by atoms with Crippen molar-refractivity contribution in [3.63, 3.8) is 0 Å². The maximum absolute atomic E-state index is 14.0. The molecule has 1 spiro atoms. The van der Waals surface area contributed by atoms with Crippen LogP contribution in [0.15, 0.2) is 18.2 Å². The third-order valence-corrected chi connectivity index (χ3v) is 5.25. The third kappa shape index (κ3) is 2.97. The molecule has 1 aliphatic heterocycles. The number of amides is 3. The lowest BCUT2D eigenvalue weighted by atomic mass is 9.65. The number of nitrogens with one attached hydrogen (secondary N) is 1. The summed E-state index contributed by atoms with van der Waals surface area (Å²) in [5.41, 5.74) is 0.941. The van der Waals surface area contributed by atoms with Crippen molar-refractivity contribution in [3.05, 3.63) is 35.1 Å². The molecule has 1 aliphatic carbocycles. The summed E-state index contributed by atoms with van der Waals surface area (Å²) in [7, 11) is 3.44. The van der Waals surface area contributed by atoms with Crippen LogP contribution in [0.5, 0.6) is 0 Å². The zero-order valence-electron chi connectivity index (χ0n) is 14.4. The van der Waals surface area contributed by atoms with Crippen molar-refractivity contribution in [2.24, 2.45) is 5.41 Å². The fourth-order valence-corrected chi connectivity index (χ4v) is 3.89. The third-order valence-electron chi connectivity index (χ3n) is 5.25. The van der Waals surface area contributed by atoms with E-state index in [1.165, 1.54) is 11.0 Å². The van der Waals surface area contributed by atoms with E-state index in [0.717, 1.165) is 19.3 Å². The van der Waals surface area contributed by atoms with E-state index in [1.807, 2.05) is 0 Å². The van der Waals surface area contributed by atoms with E-state index in [0.29, 0.717) is 18.7 Å². The van der Waals surface area contributed by atoms with Gasteiger partial charge in [0.25, 0.3) is 5.91 Å². The van der Waals surface area contributed by atoms with Crippen molar-refractivity contribution in [2.75, 3.05) is 27.2 Å². The number of halogens is 1. The Hall–Kier alpha value is -2.11. The zero-order valence-corrected chi connectivity index (χ0v) is 14.4. The first-order valence-electron chi connectivity index (χ1n) is 8.33. The van der Waals surface area contributed by atoms with Gasteiger partial charge in [0.2, 0.25) is 0 Å². The molecule has 2 fully saturated rings. The van der Waals surface area contributed by atoms with E-state index in [4.69, 9.17) is 0 Å². The number of aryl methyl sites for hydroxylation is 1. The molecule has 1 aromatic rings. The van der Waals surface area contributed by atoms with Gasteiger partial charge in [-0.3, -0.25) is 4.79 Å². The molecule has 1 saturated heterocycles. The highest BCUT2D eigenvalue weighted by atomic mass is 19.1. The maximum Gasteiger partial charge on any atom is 0.317 e. The summed E-state index contributed by atoms with van der Waals surface area (Å²) in [5.74, 6) is -0.672. The van der Waals surface area contributed by atoms with E-state index < -0.39 is 5.82 Å². The van der Waals surface area contributed by atoms with Gasteiger partial charge in [-0.05, 0) is 43.2 Å². The number of benzene rings is 1. The molecule has 3 rings (SSSR count). The quantitative estimate of drug-likeness (QED) is 0.903. The molecule has 0 bridgehead atoms. The van der Waals surface area contributed by atoms with Crippen LogP contribution in [-0.2, 0) is 0 Å². The molecular formula is C18H24FN3O2. The molecule has 130 valence electrons. The maximum atomic E-state index is 14.0. The summed E-state index contributed by atoms with van der Waals surface area (Å²) in [6.45, 7) is 3.06. The lowest BCUT2D eigenvalue weighted by molar-refractivity contribution is 0.0660. The second-order valence-electron chi connectivity index (χ2n) is 7.36. The number of rotatable bonds is 2. The Labute approximate surface area is 141 Å². The van der Waals surface area contributed by atoms with Gasteiger partial charge in [-0.2, -0.15) is 0 Å². The lowest BCUT2D eigenvalue weighted by Crippen LogP contribution is -2.54. The van der Waals surface area contributed by atoms with Gasteiger partial charge in [-0.25, -0.2) is 9.18 Å². The molecule has 0 atom stereocenters. The molecule has 1 aromatic carbocycles. The van der Waals surface area contributed by atoms with E-state index in [9.17, 15) is 14.0 Å². The SMILES string of the molecule is Cc1cccc(F)c1C(=O)N1CCC2(CC(NC(=O)N(C)C)C2)C1. The van der Waals surface area contributed by atoms with Crippen molar-refractivity contribution >= 4 is 11.9 Å². The predicted molar refractivity (Wildman–Crippen MR) is 89.3 cm³/mol. The Morgan fingerprint density at radius 3 is 2.67 bits per heavy atom. The van der Waals surface area contributed by atoms with Crippen molar-refractivity contribution in [2.45, 2.75) is 32.2 Å². The van der Waals surface area contributed by atoms with Crippen molar-refractivity contribution in [3.8, 4) is 0 Å². The van der Waals surface area contributed by atoms with Crippen molar-refractivity contribution < 1.29 is 14.0 Å². The molecule has 5 nitrogen and oxygen atoms in total. The molecule has 1 heterocycles. The van der Waals surface area contributed by atoms with Gasteiger partial charge in [0.05, 0.1) is 5.56 Å². The fraction of sp³-hybridized carbons (Fsp3) is 0.556. The molecule has 1 N–H and O–H groups in total. The van der Waals surface area contributed by atoms with Crippen LogP contribution in [0.25, 0.3) is 0 Å². The summed E-state index contributed by atoms with van der Waals surface area (Å²) in [4.78, 5) is 27.6. The number of carbonyl (C=O) groups excluding carboxylic acids is 2. The summed E-state index contributed by atoms with van der Waals surface area (Å²) in [6, 6.07) is 4.81. The fourth-order valence-electron chi connectivity index (χ4n) is 3.89. The first kappa shape index (κ1) is 16.7.